The molecule has 0 atom stereocenters. The van der Waals surface area contributed by atoms with Crippen LogP contribution in [0.1, 0.15) is 44.5 Å². The third-order valence-electron chi connectivity index (χ3n) is 8.10. The third kappa shape index (κ3) is 20.3. The zero-order chi connectivity index (χ0) is 49.8. The fourth-order valence-electron chi connectivity index (χ4n) is 4.49. The van der Waals surface area contributed by atoms with E-state index in [0.29, 0.717) is 0 Å². The maximum Gasteiger partial charge on any atom is 1.00 e. The minimum atomic E-state index is -2.17. The summed E-state index contributed by atoms with van der Waals surface area (Å²) in [6, 6.07) is 13.0. The molecule has 0 aliphatic heterocycles. The molecule has 0 radical (unpaired) electrons. The van der Waals surface area contributed by atoms with Crippen LogP contribution in [0.4, 0.5) is 87.8 Å². The summed E-state index contributed by atoms with van der Waals surface area (Å²) < 4.78 is 239. The molecule has 0 aliphatic rings. The average molecular weight is 1370 g/mol. The fourth-order valence-corrected chi connectivity index (χ4v) is 4.49. The van der Waals surface area contributed by atoms with E-state index in [1.165, 1.54) is 44.5 Å². The van der Waals surface area contributed by atoms with Crippen molar-refractivity contribution in [2.24, 2.45) is 0 Å². The van der Waals surface area contributed by atoms with Crippen molar-refractivity contribution in [3.05, 3.63) is 209 Å². The topological polar surface area (TPSA) is 0 Å². The zero-order valence-corrected chi connectivity index (χ0v) is 41.0. The SMILES string of the molecule is Cc1cc(C)c(C)c(C)c1.Cc1cc(C)c(C)c(C)c1.Fc1[c-]c(F)c(F)c(F)c1F.Fc1[c-]c(F)c(F)c(F)c1F.Fc1[c-]c(F)c(F)c(F)c1F.Fc1[c-]c(F)c(F)c(F)c1F.[Ag+].[Ag+].[Ag+].[Ag+]. The molecule has 0 saturated carbocycles. The molecule has 6 aromatic rings. The second-order valence-electron chi connectivity index (χ2n) is 12.8. The molecular weight excluding hydrogens is 1340 g/mol. The Morgan fingerprint density at radius 1 is 0.221 bits per heavy atom. The summed E-state index contributed by atoms with van der Waals surface area (Å²) in [6.45, 7) is 17.3. The first-order valence-electron chi connectivity index (χ1n) is 17.1. The van der Waals surface area contributed by atoms with Crippen LogP contribution < -0.4 is 0 Å². The molecule has 0 heterocycles. The number of hydrogen-bond acceptors (Lipinski definition) is 0. The molecule has 0 spiro atoms. The van der Waals surface area contributed by atoms with E-state index in [-0.39, 0.29) is 89.5 Å². The van der Waals surface area contributed by atoms with Gasteiger partial charge in [-0.15, -0.1) is 24.3 Å². The number of hydrogen-bond donors (Lipinski definition) is 0. The van der Waals surface area contributed by atoms with E-state index in [9.17, 15) is 87.8 Å². The Kier molecular flexibility index (Phi) is 33.6. The van der Waals surface area contributed by atoms with Crippen LogP contribution in [0.3, 0.4) is 0 Å². The van der Waals surface area contributed by atoms with Crippen LogP contribution in [-0.2, 0) is 89.5 Å². The van der Waals surface area contributed by atoms with Crippen molar-refractivity contribution in [1.82, 2.24) is 0 Å². The van der Waals surface area contributed by atoms with E-state index in [4.69, 9.17) is 0 Å². The Labute approximate surface area is 439 Å². The summed E-state index contributed by atoms with van der Waals surface area (Å²) >= 11 is 0. The maximum atomic E-state index is 12.0. The van der Waals surface area contributed by atoms with Gasteiger partial charge in [0.15, 0.2) is 0 Å². The molecule has 6 rings (SSSR count). The molecule has 0 fully saturated rings. The molecule has 0 N–H and O–H groups in total. The van der Waals surface area contributed by atoms with Crippen molar-refractivity contribution in [2.75, 3.05) is 0 Å². The van der Waals surface area contributed by atoms with Gasteiger partial charge >= 0.3 is 89.5 Å². The van der Waals surface area contributed by atoms with Crippen molar-refractivity contribution in [2.45, 2.75) is 55.4 Å². The minimum absolute atomic E-state index is 0. The van der Waals surface area contributed by atoms with Gasteiger partial charge in [0.25, 0.3) is 0 Å². The Hall–Kier alpha value is -3.12. The van der Waals surface area contributed by atoms with Crippen molar-refractivity contribution >= 4 is 0 Å². The van der Waals surface area contributed by atoms with Crippen molar-refractivity contribution in [1.29, 1.82) is 0 Å². The first-order valence-corrected chi connectivity index (χ1v) is 17.1. The Balaban J connectivity index is -0.000000357. The van der Waals surface area contributed by atoms with Gasteiger partial charge in [0.2, 0.25) is 0 Å². The van der Waals surface area contributed by atoms with Gasteiger partial charge < -0.3 is 0 Å². The third-order valence-corrected chi connectivity index (χ3v) is 8.10. The molecule has 0 bridgehead atoms. The van der Waals surface area contributed by atoms with Crippen LogP contribution in [0.5, 0.6) is 0 Å². The van der Waals surface area contributed by atoms with Crippen LogP contribution in [0.15, 0.2) is 24.3 Å². The van der Waals surface area contributed by atoms with Crippen molar-refractivity contribution < 1.29 is 177 Å². The van der Waals surface area contributed by atoms with E-state index in [0.717, 1.165) is 24.3 Å². The van der Waals surface area contributed by atoms with E-state index in [1.807, 2.05) is 0 Å². The molecule has 6 aromatic carbocycles. The van der Waals surface area contributed by atoms with Gasteiger partial charge in [-0.25, -0.2) is 52.7 Å². The van der Waals surface area contributed by atoms with Crippen molar-refractivity contribution in [3.8, 4) is 0 Å². The monoisotopic (exact) mass is 1360 g/mol. The summed E-state index contributed by atoms with van der Waals surface area (Å²) in [5.74, 6) is -40.2. The summed E-state index contributed by atoms with van der Waals surface area (Å²) in [6.07, 6.45) is 0. The van der Waals surface area contributed by atoms with Crippen LogP contribution in [0.25, 0.3) is 0 Å². The van der Waals surface area contributed by atoms with Gasteiger partial charge in [-0.1, -0.05) is 35.4 Å². The van der Waals surface area contributed by atoms with Gasteiger partial charge in [0.05, 0.1) is 116 Å². The van der Waals surface area contributed by atoms with E-state index in [2.05, 4.69) is 79.7 Å². The van der Waals surface area contributed by atoms with Gasteiger partial charge in [-0.3, -0.25) is 35.1 Å². The van der Waals surface area contributed by atoms with Gasteiger partial charge in [-0.2, -0.15) is 0 Å². The number of halogens is 20. The second kappa shape index (κ2) is 32.0. The number of aryl methyl sites for hydroxylation is 6. The molecule has 388 valence electrons. The first kappa shape index (κ1) is 71.4. The molecule has 0 nitrogen and oxygen atoms in total. The minimum Gasteiger partial charge on any atom is -0.278 e. The quantitative estimate of drug-likeness (QED) is 0.0467. The molecule has 68 heavy (non-hydrogen) atoms. The molecular formula is C44H28Ag4F20. The van der Waals surface area contributed by atoms with Crippen LogP contribution >= 0.6 is 0 Å². The molecule has 24 heteroatoms. The molecule has 0 aromatic heterocycles. The van der Waals surface area contributed by atoms with E-state index >= 15 is 0 Å². The zero-order valence-electron chi connectivity index (χ0n) is 35.1. The van der Waals surface area contributed by atoms with Gasteiger partial charge in [-0.05, 0) is 88.8 Å². The van der Waals surface area contributed by atoms with E-state index < -0.39 is 116 Å². The maximum absolute atomic E-state index is 12.0. The van der Waals surface area contributed by atoms with Crippen LogP contribution in [0, 0.1) is 196 Å². The van der Waals surface area contributed by atoms with Gasteiger partial charge in [0.1, 0.15) is 0 Å². The smallest absolute Gasteiger partial charge is 0.278 e. The Morgan fingerprint density at radius 3 is 0.456 bits per heavy atom. The molecule has 0 aliphatic carbocycles. The summed E-state index contributed by atoms with van der Waals surface area (Å²) in [7, 11) is 0. The fraction of sp³-hybridized carbons (Fsp3) is 0.182. The van der Waals surface area contributed by atoms with Gasteiger partial charge in [0, 0.05) is 0 Å². The second-order valence-corrected chi connectivity index (χ2v) is 12.8. The largest absolute Gasteiger partial charge is 1.00 e. The summed E-state index contributed by atoms with van der Waals surface area (Å²) in [5, 5.41) is 0. The summed E-state index contributed by atoms with van der Waals surface area (Å²) in [5.41, 5.74) is 11.2. The predicted octanol–water partition coefficient (Wildman–Crippen LogP) is 14.6. The molecule has 0 amide bonds. The van der Waals surface area contributed by atoms with Crippen LogP contribution in [0.2, 0.25) is 0 Å². The first-order chi connectivity index (χ1) is 29.4. The summed E-state index contributed by atoms with van der Waals surface area (Å²) in [4.78, 5) is 0. The standard InChI is InChI=1S/2C10H14.4C6F5.4Ag/c2*1-7-5-8(2)10(4)9(3)6-7;4*7-2-1-3(8)5(10)6(11)4(2)9;;;;/h2*5-6H,1-4H3;;;;;;;;/q;;4*-1;4*+1. The Bertz CT molecular complexity index is 2170. The average Bonchev–Trinajstić information content (AvgIpc) is 3.22. The Morgan fingerprint density at radius 2 is 0.338 bits per heavy atom. The molecule has 0 saturated heterocycles. The normalized spacial score (nSPS) is 9.59. The number of benzene rings is 6. The predicted molar refractivity (Wildman–Crippen MR) is 191 cm³/mol. The van der Waals surface area contributed by atoms with Crippen LogP contribution in [-0.4, -0.2) is 0 Å². The van der Waals surface area contributed by atoms with E-state index in [1.54, 1.807) is 0 Å². The van der Waals surface area contributed by atoms with Crippen molar-refractivity contribution in [3.63, 3.8) is 0 Å². The number of rotatable bonds is 0. The molecule has 0 unspecified atom stereocenters.